The van der Waals surface area contributed by atoms with Gasteiger partial charge in [0.1, 0.15) is 12.4 Å². The molecule has 11 nitrogen and oxygen atoms in total. The van der Waals surface area contributed by atoms with Crippen LogP contribution in [0.3, 0.4) is 0 Å². The number of pyridine rings is 1. The quantitative estimate of drug-likeness (QED) is 0.148. The van der Waals surface area contributed by atoms with Gasteiger partial charge in [-0.25, -0.2) is 4.98 Å². The van der Waals surface area contributed by atoms with Gasteiger partial charge in [0.05, 0.1) is 38.9 Å². The van der Waals surface area contributed by atoms with Gasteiger partial charge in [-0.2, -0.15) is 0 Å². The topological polar surface area (TPSA) is 94.4 Å². The molecule has 1 unspecified atom stereocenters. The summed E-state index contributed by atoms with van der Waals surface area (Å²) >= 11 is 0. The normalized spacial score (nSPS) is 18.0. The number of nitrogens with zero attached hydrogens (tertiary/aromatic N) is 6. The first-order valence-corrected chi connectivity index (χ1v) is 18.1. The Morgan fingerprint density at radius 1 is 0.827 bits per heavy atom. The van der Waals surface area contributed by atoms with E-state index in [1.807, 2.05) is 53.7 Å². The monoisotopic (exact) mass is 704 g/mol. The number of likely N-dealkylation sites (tertiary alicyclic amines) is 1. The van der Waals surface area contributed by atoms with Crippen LogP contribution in [0.5, 0.6) is 23.0 Å². The SMILES string of the molecule is COc1cc(C(=O)N2CCC(CCN3CCCN(c4nc5ccccc5n4CCOc4ccccc4)CC3)(c3cccnc3)C2)cc(OC)c1OC. The fraction of sp³-hybridized carbons (Fsp3) is 0.390. The van der Waals surface area contributed by atoms with Crippen molar-refractivity contribution in [3.05, 3.63) is 102 Å². The van der Waals surface area contributed by atoms with Crippen LogP contribution in [0.2, 0.25) is 0 Å². The van der Waals surface area contributed by atoms with Crippen LogP contribution >= 0.6 is 0 Å². The van der Waals surface area contributed by atoms with Gasteiger partial charge in [0.2, 0.25) is 11.7 Å². The maximum Gasteiger partial charge on any atom is 0.254 e. The largest absolute Gasteiger partial charge is 0.493 e. The molecule has 4 heterocycles. The smallest absolute Gasteiger partial charge is 0.254 e. The number of amides is 1. The minimum atomic E-state index is -0.205. The summed E-state index contributed by atoms with van der Waals surface area (Å²) in [5.74, 6) is 3.23. The van der Waals surface area contributed by atoms with Crippen molar-refractivity contribution in [1.29, 1.82) is 0 Å². The Balaban J connectivity index is 1.04. The van der Waals surface area contributed by atoms with Crippen molar-refractivity contribution in [2.45, 2.75) is 31.2 Å². The summed E-state index contributed by atoms with van der Waals surface area (Å²) in [7, 11) is 4.69. The minimum Gasteiger partial charge on any atom is -0.493 e. The number of aromatic nitrogens is 3. The van der Waals surface area contributed by atoms with E-state index in [0.29, 0.717) is 49.1 Å². The highest BCUT2D eigenvalue weighted by Gasteiger charge is 2.42. The fourth-order valence-electron chi connectivity index (χ4n) is 7.76. The number of ether oxygens (including phenoxy) is 4. The Morgan fingerprint density at radius 3 is 2.37 bits per heavy atom. The second kappa shape index (κ2) is 15.9. The first-order valence-electron chi connectivity index (χ1n) is 18.1. The first-order chi connectivity index (χ1) is 25.5. The second-order valence-corrected chi connectivity index (χ2v) is 13.6. The van der Waals surface area contributed by atoms with E-state index >= 15 is 0 Å². The van der Waals surface area contributed by atoms with Gasteiger partial charge in [0.15, 0.2) is 11.5 Å². The van der Waals surface area contributed by atoms with Gasteiger partial charge in [0.25, 0.3) is 5.91 Å². The zero-order valence-electron chi connectivity index (χ0n) is 30.4. The van der Waals surface area contributed by atoms with E-state index in [9.17, 15) is 4.79 Å². The van der Waals surface area contributed by atoms with Crippen molar-refractivity contribution in [3.8, 4) is 23.0 Å². The van der Waals surface area contributed by atoms with Crippen LogP contribution in [-0.2, 0) is 12.0 Å². The molecular weight excluding hydrogens is 656 g/mol. The van der Waals surface area contributed by atoms with Gasteiger partial charge in [-0.15, -0.1) is 0 Å². The first kappa shape index (κ1) is 35.1. The van der Waals surface area contributed by atoms with Crippen molar-refractivity contribution in [2.75, 3.05) is 78.6 Å². The Hall–Kier alpha value is -5.29. The van der Waals surface area contributed by atoms with Crippen molar-refractivity contribution in [2.24, 2.45) is 0 Å². The van der Waals surface area contributed by atoms with Crippen LogP contribution in [0.25, 0.3) is 11.0 Å². The van der Waals surface area contributed by atoms with Crippen molar-refractivity contribution in [1.82, 2.24) is 24.3 Å². The van der Waals surface area contributed by atoms with Crippen molar-refractivity contribution in [3.63, 3.8) is 0 Å². The molecule has 11 heteroatoms. The minimum absolute atomic E-state index is 0.0486. The van der Waals surface area contributed by atoms with Gasteiger partial charge >= 0.3 is 0 Å². The lowest BCUT2D eigenvalue weighted by Gasteiger charge is -2.32. The van der Waals surface area contributed by atoms with E-state index in [4.69, 9.17) is 23.9 Å². The number of hydrogen-bond donors (Lipinski definition) is 0. The highest BCUT2D eigenvalue weighted by molar-refractivity contribution is 5.96. The second-order valence-electron chi connectivity index (χ2n) is 13.6. The van der Waals surface area contributed by atoms with Crippen LogP contribution in [0.15, 0.2) is 91.3 Å². The van der Waals surface area contributed by atoms with Crippen molar-refractivity contribution >= 4 is 22.9 Å². The van der Waals surface area contributed by atoms with Crippen LogP contribution in [-0.4, -0.2) is 104 Å². The highest BCUT2D eigenvalue weighted by atomic mass is 16.5. The molecule has 3 aromatic carbocycles. The number of imidazole rings is 1. The summed E-state index contributed by atoms with van der Waals surface area (Å²) in [6.07, 6.45) is 6.62. The molecule has 5 aromatic rings. The molecule has 7 rings (SSSR count). The number of rotatable bonds is 13. The molecule has 1 atom stereocenters. The van der Waals surface area contributed by atoms with Crippen LogP contribution in [0, 0.1) is 0 Å². The average Bonchev–Trinajstić information content (AvgIpc) is 3.72. The van der Waals surface area contributed by atoms with Crippen LogP contribution < -0.4 is 23.8 Å². The lowest BCUT2D eigenvalue weighted by atomic mass is 9.77. The van der Waals surface area contributed by atoms with E-state index < -0.39 is 0 Å². The molecule has 0 saturated carbocycles. The third-order valence-electron chi connectivity index (χ3n) is 10.6. The lowest BCUT2D eigenvalue weighted by Crippen LogP contribution is -2.39. The molecule has 2 aliphatic heterocycles. The Morgan fingerprint density at radius 2 is 1.62 bits per heavy atom. The summed E-state index contributed by atoms with van der Waals surface area (Å²) in [4.78, 5) is 30.6. The van der Waals surface area contributed by atoms with Gasteiger partial charge < -0.3 is 38.2 Å². The zero-order valence-corrected chi connectivity index (χ0v) is 30.4. The average molecular weight is 705 g/mol. The van der Waals surface area contributed by atoms with Gasteiger partial charge in [-0.05, 0) is 80.4 Å². The van der Waals surface area contributed by atoms with Gasteiger partial charge in [-0.1, -0.05) is 36.4 Å². The number of hydrogen-bond acceptors (Lipinski definition) is 9. The molecule has 52 heavy (non-hydrogen) atoms. The molecule has 0 N–H and O–H groups in total. The number of para-hydroxylation sites is 3. The van der Waals surface area contributed by atoms with E-state index in [2.05, 4.69) is 49.7 Å². The molecule has 272 valence electrons. The van der Waals surface area contributed by atoms with E-state index in [-0.39, 0.29) is 11.3 Å². The molecule has 0 aliphatic carbocycles. The maximum atomic E-state index is 14.0. The molecule has 2 saturated heterocycles. The highest BCUT2D eigenvalue weighted by Crippen LogP contribution is 2.41. The number of benzene rings is 3. The number of carbonyl (C=O) groups excluding carboxylic acids is 1. The Kier molecular flexibility index (Phi) is 10.8. The number of carbonyl (C=O) groups is 1. The van der Waals surface area contributed by atoms with E-state index in [1.54, 1.807) is 33.5 Å². The number of fused-ring (bicyclic) bond motifs is 1. The third kappa shape index (κ3) is 7.36. The summed E-state index contributed by atoms with van der Waals surface area (Å²) in [5.41, 5.74) is 3.62. The maximum absolute atomic E-state index is 14.0. The van der Waals surface area contributed by atoms with Crippen LogP contribution in [0.4, 0.5) is 5.95 Å². The summed E-state index contributed by atoms with van der Waals surface area (Å²) in [5, 5.41) is 0. The van der Waals surface area contributed by atoms with Gasteiger partial charge in [-0.3, -0.25) is 9.78 Å². The van der Waals surface area contributed by atoms with Crippen molar-refractivity contribution < 1.29 is 23.7 Å². The number of methoxy groups -OCH3 is 3. The molecule has 0 spiro atoms. The summed E-state index contributed by atoms with van der Waals surface area (Å²) in [6, 6.07) is 26.0. The molecular formula is C41H48N6O5. The molecule has 1 amide bonds. The molecule has 0 radical (unpaired) electrons. The molecule has 2 aliphatic rings. The standard InChI is InChI=1S/C41H48N6O5/c1-49-36-27-31(28-37(50-2)38(36)51-3)39(48)46-22-17-41(30-46,32-11-9-18-42-29-32)16-21-44-19-10-20-45(24-23-44)40-43-34-14-7-8-15-35(34)47(40)25-26-52-33-12-5-4-6-13-33/h4-9,11-15,18,27-29H,10,16-17,19-26,30H2,1-3H3. The molecule has 2 fully saturated rings. The van der Waals surface area contributed by atoms with Gasteiger partial charge in [0, 0.05) is 56.1 Å². The molecule has 2 aromatic heterocycles. The zero-order chi connectivity index (χ0) is 35.9. The Bertz CT molecular complexity index is 1930. The van der Waals surface area contributed by atoms with E-state index in [1.165, 1.54) is 5.56 Å². The summed E-state index contributed by atoms with van der Waals surface area (Å²) < 4.78 is 25.0. The summed E-state index contributed by atoms with van der Waals surface area (Å²) in [6.45, 7) is 7.23. The van der Waals surface area contributed by atoms with E-state index in [0.717, 1.165) is 74.7 Å². The number of anilines is 1. The third-order valence-corrected chi connectivity index (χ3v) is 10.6. The van der Waals surface area contributed by atoms with Crippen LogP contribution in [0.1, 0.15) is 35.2 Å². The molecule has 0 bridgehead atoms. The Labute approximate surface area is 305 Å². The fourth-order valence-corrected chi connectivity index (χ4v) is 7.76. The predicted molar refractivity (Wildman–Crippen MR) is 202 cm³/mol. The lowest BCUT2D eigenvalue weighted by molar-refractivity contribution is 0.0780. The predicted octanol–water partition coefficient (Wildman–Crippen LogP) is 5.92.